The van der Waals surface area contributed by atoms with Crippen LogP contribution >= 0.6 is 22.7 Å². The first-order valence-corrected chi connectivity index (χ1v) is 7.62. The Hall–Kier alpha value is -1.47. The maximum atomic E-state index is 12.3. The first-order valence-electron chi connectivity index (χ1n) is 5.92. The smallest absolute Gasteiger partial charge is 0.284 e. The summed E-state index contributed by atoms with van der Waals surface area (Å²) in [7, 11) is 3.57. The van der Waals surface area contributed by atoms with Crippen molar-refractivity contribution in [3.63, 3.8) is 0 Å². The fourth-order valence-corrected chi connectivity index (χ4v) is 3.12. The van der Waals surface area contributed by atoms with Gasteiger partial charge in [-0.05, 0) is 18.4 Å². The van der Waals surface area contributed by atoms with Crippen LogP contribution in [0.1, 0.15) is 21.6 Å². The Labute approximate surface area is 120 Å². The van der Waals surface area contributed by atoms with Crippen LogP contribution in [0.15, 0.2) is 17.5 Å². The van der Waals surface area contributed by atoms with E-state index in [9.17, 15) is 4.79 Å². The molecule has 0 saturated heterocycles. The molecule has 19 heavy (non-hydrogen) atoms. The van der Waals surface area contributed by atoms with Gasteiger partial charge in [-0.15, -0.1) is 21.5 Å². The van der Waals surface area contributed by atoms with Crippen molar-refractivity contribution in [1.82, 2.24) is 15.1 Å². The van der Waals surface area contributed by atoms with Crippen LogP contribution in [-0.4, -0.2) is 41.1 Å². The minimum Gasteiger partial charge on any atom is -0.363 e. The lowest BCUT2D eigenvalue weighted by Gasteiger charge is -2.23. The molecule has 0 bridgehead atoms. The van der Waals surface area contributed by atoms with E-state index in [1.165, 1.54) is 16.2 Å². The van der Waals surface area contributed by atoms with Crippen molar-refractivity contribution in [2.75, 3.05) is 19.4 Å². The molecule has 0 radical (unpaired) electrons. The second kappa shape index (κ2) is 6.12. The van der Waals surface area contributed by atoms with Gasteiger partial charge in [0.05, 0.1) is 0 Å². The van der Waals surface area contributed by atoms with E-state index >= 15 is 0 Å². The molecule has 0 saturated carbocycles. The van der Waals surface area contributed by atoms with Gasteiger partial charge in [-0.1, -0.05) is 17.4 Å². The van der Waals surface area contributed by atoms with Crippen molar-refractivity contribution in [3.05, 3.63) is 27.4 Å². The molecule has 0 spiro atoms. The lowest BCUT2D eigenvalue weighted by atomic mass is 10.2. The highest BCUT2D eigenvalue weighted by atomic mass is 32.1. The fraction of sp³-hybridized carbons (Fsp3) is 0.417. The van der Waals surface area contributed by atoms with E-state index in [1.807, 2.05) is 18.4 Å². The summed E-state index contributed by atoms with van der Waals surface area (Å²) in [4.78, 5) is 15.3. The molecule has 2 aromatic heterocycles. The zero-order valence-electron chi connectivity index (χ0n) is 11.1. The van der Waals surface area contributed by atoms with Crippen LogP contribution < -0.4 is 5.32 Å². The summed E-state index contributed by atoms with van der Waals surface area (Å²) >= 11 is 2.98. The molecular formula is C12H16N4OS2. The van der Waals surface area contributed by atoms with Gasteiger partial charge in [0.1, 0.15) is 0 Å². The molecule has 1 N–H and O–H groups in total. The number of rotatable bonds is 5. The lowest BCUT2D eigenvalue weighted by Crippen LogP contribution is -2.36. The highest BCUT2D eigenvalue weighted by molar-refractivity contribution is 7.17. The van der Waals surface area contributed by atoms with E-state index in [-0.39, 0.29) is 11.9 Å². The average Bonchev–Trinajstić information content (AvgIpc) is 3.07. The summed E-state index contributed by atoms with van der Waals surface area (Å²) < 4.78 is 0. The number of nitrogens with zero attached hydrogens (tertiary/aromatic N) is 3. The van der Waals surface area contributed by atoms with Crippen LogP contribution in [0.25, 0.3) is 0 Å². The van der Waals surface area contributed by atoms with Gasteiger partial charge in [0.25, 0.3) is 5.91 Å². The Morgan fingerprint density at radius 2 is 2.32 bits per heavy atom. The fourth-order valence-electron chi connectivity index (χ4n) is 1.62. The molecule has 1 atom stereocenters. The highest BCUT2D eigenvalue weighted by Crippen LogP contribution is 2.18. The second-order valence-electron chi connectivity index (χ2n) is 4.21. The van der Waals surface area contributed by atoms with E-state index < -0.39 is 0 Å². The van der Waals surface area contributed by atoms with Crippen LogP contribution in [-0.2, 0) is 6.42 Å². The number of hydrogen-bond donors (Lipinski definition) is 1. The molecule has 0 fully saturated rings. The average molecular weight is 296 g/mol. The molecule has 2 heterocycles. The molecule has 1 unspecified atom stereocenters. The first-order chi connectivity index (χ1) is 9.11. The number of aromatic nitrogens is 2. The number of anilines is 1. The Bertz CT molecular complexity index is 538. The van der Waals surface area contributed by atoms with Gasteiger partial charge in [0.15, 0.2) is 0 Å². The third-order valence-corrected chi connectivity index (χ3v) is 4.71. The summed E-state index contributed by atoms with van der Waals surface area (Å²) in [6, 6.07) is 4.25. The molecule has 0 aliphatic rings. The lowest BCUT2D eigenvalue weighted by molar-refractivity contribution is 0.0742. The normalized spacial score (nSPS) is 12.2. The summed E-state index contributed by atoms with van der Waals surface area (Å²) in [6.07, 6.45) is 0.859. The van der Waals surface area contributed by atoms with Crippen LogP contribution in [0.2, 0.25) is 0 Å². The third-order valence-electron chi connectivity index (χ3n) is 2.88. The number of nitrogens with one attached hydrogen (secondary N) is 1. The Morgan fingerprint density at radius 1 is 1.53 bits per heavy atom. The Morgan fingerprint density at radius 3 is 2.89 bits per heavy atom. The SMILES string of the molecule is CNc1nnc(C(=O)N(C)C(C)Cc2cccs2)s1. The molecule has 2 rings (SSSR count). The molecule has 0 aliphatic carbocycles. The molecule has 5 nitrogen and oxygen atoms in total. The number of amides is 1. The number of likely N-dealkylation sites (N-methyl/N-ethyl adjacent to an activating group) is 1. The van der Waals surface area contributed by atoms with E-state index in [4.69, 9.17) is 0 Å². The van der Waals surface area contributed by atoms with Crippen LogP contribution in [0.3, 0.4) is 0 Å². The Balaban J connectivity index is 2.01. The number of thiophene rings is 1. The maximum Gasteiger partial charge on any atom is 0.284 e. The van der Waals surface area contributed by atoms with Gasteiger partial charge in [-0.3, -0.25) is 4.79 Å². The molecule has 0 aliphatic heterocycles. The van der Waals surface area contributed by atoms with Gasteiger partial charge in [-0.25, -0.2) is 0 Å². The minimum absolute atomic E-state index is 0.0805. The molecule has 102 valence electrons. The topological polar surface area (TPSA) is 58.1 Å². The van der Waals surface area contributed by atoms with Crippen molar-refractivity contribution in [1.29, 1.82) is 0 Å². The van der Waals surface area contributed by atoms with Crippen LogP contribution in [0, 0.1) is 0 Å². The molecular weight excluding hydrogens is 280 g/mol. The number of carbonyl (C=O) groups excluding carboxylic acids is 1. The van der Waals surface area contributed by atoms with Gasteiger partial charge >= 0.3 is 0 Å². The quantitative estimate of drug-likeness (QED) is 0.920. The van der Waals surface area contributed by atoms with Gasteiger partial charge in [0.2, 0.25) is 10.1 Å². The summed E-state index contributed by atoms with van der Waals surface area (Å²) in [6.45, 7) is 2.04. The van der Waals surface area contributed by atoms with Gasteiger partial charge < -0.3 is 10.2 Å². The molecule has 2 aromatic rings. The van der Waals surface area contributed by atoms with Crippen LogP contribution in [0.5, 0.6) is 0 Å². The van der Waals surface area contributed by atoms with E-state index in [0.29, 0.717) is 10.1 Å². The first kappa shape index (κ1) is 14.0. The van der Waals surface area contributed by atoms with Crippen molar-refractivity contribution in [3.8, 4) is 0 Å². The minimum atomic E-state index is -0.0805. The predicted octanol–water partition coefficient (Wildman–Crippen LogP) is 2.34. The molecule has 7 heteroatoms. The predicted molar refractivity (Wildman–Crippen MR) is 79.0 cm³/mol. The third kappa shape index (κ3) is 3.30. The molecule has 1 amide bonds. The highest BCUT2D eigenvalue weighted by Gasteiger charge is 2.21. The largest absolute Gasteiger partial charge is 0.363 e. The summed E-state index contributed by atoms with van der Waals surface area (Å²) in [5, 5.41) is 13.8. The second-order valence-corrected chi connectivity index (χ2v) is 6.22. The van der Waals surface area contributed by atoms with E-state index in [2.05, 4.69) is 21.6 Å². The van der Waals surface area contributed by atoms with Crippen LogP contribution in [0.4, 0.5) is 5.13 Å². The zero-order valence-corrected chi connectivity index (χ0v) is 12.7. The van der Waals surface area contributed by atoms with Crippen molar-refractivity contribution in [2.24, 2.45) is 0 Å². The number of carbonyl (C=O) groups is 1. The van der Waals surface area contributed by atoms with Gasteiger partial charge in [0, 0.05) is 31.4 Å². The monoisotopic (exact) mass is 296 g/mol. The number of hydrogen-bond acceptors (Lipinski definition) is 6. The van der Waals surface area contributed by atoms with E-state index in [1.54, 1.807) is 30.3 Å². The van der Waals surface area contributed by atoms with Crippen molar-refractivity contribution >= 4 is 33.7 Å². The summed E-state index contributed by atoms with van der Waals surface area (Å²) in [5.74, 6) is -0.0805. The van der Waals surface area contributed by atoms with E-state index in [0.717, 1.165) is 6.42 Å². The molecule has 0 aromatic carbocycles. The standard InChI is InChI=1S/C12H16N4OS2/c1-8(7-9-5-4-6-18-9)16(3)11(17)10-14-15-12(13-2)19-10/h4-6,8H,7H2,1-3H3,(H,13,15). The van der Waals surface area contributed by atoms with Crippen molar-refractivity contribution in [2.45, 2.75) is 19.4 Å². The zero-order chi connectivity index (χ0) is 13.8. The van der Waals surface area contributed by atoms with Gasteiger partial charge in [-0.2, -0.15) is 0 Å². The summed E-state index contributed by atoms with van der Waals surface area (Å²) in [5.41, 5.74) is 0. The maximum absolute atomic E-state index is 12.3. The van der Waals surface area contributed by atoms with Crippen molar-refractivity contribution < 1.29 is 4.79 Å². The Kier molecular flexibility index (Phi) is 4.49.